The molecule has 10 rings (SSSR count). The lowest BCUT2D eigenvalue weighted by atomic mass is 9.81. The largest absolute Gasteiger partial charge is 0.455 e. The number of hydrogen-bond acceptors (Lipinski definition) is 2. The molecule has 0 N–H and O–H groups in total. The third-order valence-corrected chi connectivity index (χ3v) is 11.1. The van der Waals surface area contributed by atoms with E-state index in [0.717, 1.165) is 38.9 Å². The SMILES string of the molecule is CC1(C)c2cc(-c3cccc4c3oc3ccccc34)ccc2-c2c(N(c3ccc(-c4ccccc4)cc3)c3ccc(-c4ccccc4)cc3)cccc21. The van der Waals surface area contributed by atoms with E-state index in [1.807, 2.05) is 6.07 Å². The Morgan fingerprint density at radius 2 is 0.962 bits per heavy atom. The Morgan fingerprint density at radius 3 is 1.62 bits per heavy atom. The molecule has 0 spiro atoms. The Bertz CT molecular complexity index is 2690. The number of hydrogen-bond donors (Lipinski definition) is 0. The van der Waals surface area contributed by atoms with Crippen LogP contribution in [0.3, 0.4) is 0 Å². The number of fused-ring (bicyclic) bond motifs is 6. The van der Waals surface area contributed by atoms with Crippen molar-refractivity contribution in [1.82, 2.24) is 0 Å². The number of anilines is 3. The molecule has 1 aromatic heterocycles. The fourth-order valence-corrected chi connectivity index (χ4v) is 8.39. The van der Waals surface area contributed by atoms with Gasteiger partial charge in [0.1, 0.15) is 11.2 Å². The lowest BCUT2D eigenvalue weighted by Gasteiger charge is -2.29. The molecule has 2 nitrogen and oxygen atoms in total. The first-order valence-corrected chi connectivity index (χ1v) is 18.3. The van der Waals surface area contributed by atoms with Crippen LogP contribution in [0.5, 0.6) is 0 Å². The maximum Gasteiger partial charge on any atom is 0.143 e. The minimum atomic E-state index is -0.210. The molecule has 0 atom stereocenters. The van der Waals surface area contributed by atoms with Crippen LogP contribution in [-0.4, -0.2) is 0 Å². The second kappa shape index (κ2) is 12.3. The summed E-state index contributed by atoms with van der Waals surface area (Å²) in [5, 5.41) is 2.30. The van der Waals surface area contributed by atoms with E-state index in [-0.39, 0.29) is 5.41 Å². The average Bonchev–Trinajstić information content (AvgIpc) is 3.71. The summed E-state index contributed by atoms with van der Waals surface area (Å²) in [4.78, 5) is 2.43. The fraction of sp³-hybridized carbons (Fsp3) is 0.0588. The quantitative estimate of drug-likeness (QED) is 0.174. The van der Waals surface area contributed by atoms with Crippen LogP contribution >= 0.6 is 0 Å². The first-order valence-electron chi connectivity index (χ1n) is 18.3. The maximum atomic E-state index is 6.49. The molecular weight excluding hydrogens is 643 g/mol. The van der Waals surface area contributed by atoms with Crippen LogP contribution in [0.2, 0.25) is 0 Å². The third-order valence-electron chi connectivity index (χ3n) is 11.1. The molecule has 1 heterocycles. The van der Waals surface area contributed by atoms with Crippen molar-refractivity contribution in [2.24, 2.45) is 0 Å². The van der Waals surface area contributed by atoms with Crippen LogP contribution in [-0.2, 0) is 5.41 Å². The molecule has 53 heavy (non-hydrogen) atoms. The van der Waals surface area contributed by atoms with Gasteiger partial charge in [-0.15, -0.1) is 0 Å². The number of furan rings is 1. The van der Waals surface area contributed by atoms with Crippen LogP contribution in [0.15, 0.2) is 192 Å². The van der Waals surface area contributed by atoms with Gasteiger partial charge < -0.3 is 9.32 Å². The summed E-state index contributed by atoms with van der Waals surface area (Å²) in [6, 6.07) is 67.8. The van der Waals surface area contributed by atoms with Crippen LogP contribution in [0.1, 0.15) is 25.0 Å². The summed E-state index contributed by atoms with van der Waals surface area (Å²) >= 11 is 0. The molecule has 0 bridgehead atoms. The Balaban J connectivity index is 1.13. The van der Waals surface area contributed by atoms with Gasteiger partial charge >= 0.3 is 0 Å². The second-order valence-corrected chi connectivity index (χ2v) is 14.5. The van der Waals surface area contributed by atoms with Gasteiger partial charge in [0.25, 0.3) is 0 Å². The zero-order valence-corrected chi connectivity index (χ0v) is 29.8. The van der Waals surface area contributed by atoms with Crippen molar-refractivity contribution in [1.29, 1.82) is 0 Å². The van der Waals surface area contributed by atoms with Gasteiger partial charge in [-0.1, -0.05) is 159 Å². The van der Waals surface area contributed by atoms with Crippen LogP contribution in [0, 0.1) is 0 Å². The van der Waals surface area contributed by atoms with E-state index in [1.54, 1.807) is 0 Å². The molecule has 1 aliphatic carbocycles. The third kappa shape index (κ3) is 5.10. The predicted molar refractivity (Wildman–Crippen MR) is 222 cm³/mol. The Labute approximate surface area is 310 Å². The van der Waals surface area contributed by atoms with Crippen molar-refractivity contribution in [2.75, 3.05) is 4.90 Å². The first-order chi connectivity index (χ1) is 26.0. The number of nitrogens with zero attached hydrogens (tertiary/aromatic N) is 1. The summed E-state index contributed by atoms with van der Waals surface area (Å²) < 4.78 is 6.49. The Morgan fingerprint density at radius 1 is 0.415 bits per heavy atom. The molecule has 0 saturated heterocycles. The number of para-hydroxylation sites is 2. The second-order valence-electron chi connectivity index (χ2n) is 14.5. The molecule has 9 aromatic rings. The lowest BCUT2D eigenvalue weighted by molar-refractivity contribution is 0.660. The Kier molecular flexibility index (Phi) is 7.19. The zero-order chi connectivity index (χ0) is 35.5. The van der Waals surface area contributed by atoms with Gasteiger partial charge in [-0.05, 0) is 87.0 Å². The van der Waals surface area contributed by atoms with Gasteiger partial charge in [-0.3, -0.25) is 0 Å². The minimum absolute atomic E-state index is 0.210. The molecule has 252 valence electrons. The molecule has 2 heteroatoms. The molecular formula is C51H37NO. The summed E-state index contributed by atoms with van der Waals surface area (Å²) in [6.07, 6.45) is 0. The van der Waals surface area contributed by atoms with Crippen molar-refractivity contribution < 1.29 is 4.42 Å². The van der Waals surface area contributed by atoms with Gasteiger partial charge in [0.15, 0.2) is 0 Å². The number of benzene rings is 8. The minimum Gasteiger partial charge on any atom is -0.455 e. The molecule has 0 radical (unpaired) electrons. The van der Waals surface area contributed by atoms with Crippen LogP contribution in [0.4, 0.5) is 17.1 Å². The van der Waals surface area contributed by atoms with Crippen molar-refractivity contribution in [3.8, 4) is 44.5 Å². The van der Waals surface area contributed by atoms with Crippen molar-refractivity contribution in [3.63, 3.8) is 0 Å². The van der Waals surface area contributed by atoms with E-state index >= 15 is 0 Å². The highest BCUT2D eigenvalue weighted by Gasteiger charge is 2.38. The van der Waals surface area contributed by atoms with Gasteiger partial charge in [0.2, 0.25) is 0 Å². The topological polar surface area (TPSA) is 16.4 Å². The monoisotopic (exact) mass is 679 g/mol. The molecule has 0 amide bonds. The highest BCUT2D eigenvalue weighted by Crippen LogP contribution is 2.55. The van der Waals surface area contributed by atoms with Gasteiger partial charge in [-0.2, -0.15) is 0 Å². The van der Waals surface area contributed by atoms with Gasteiger partial charge in [-0.25, -0.2) is 0 Å². The summed E-state index contributed by atoms with van der Waals surface area (Å²) in [7, 11) is 0. The van der Waals surface area contributed by atoms with E-state index in [1.165, 1.54) is 55.8 Å². The van der Waals surface area contributed by atoms with E-state index in [0.29, 0.717) is 0 Å². The lowest BCUT2D eigenvalue weighted by Crippen LogP contribution is -2.16. The standard InChI is InChI=1S/C51H37NO/c1-51(2)45-20-12-21-47(49(45)44-32-27-38(33-46(44)51)41-18-11-19-43-42-17-9-10-22-48(42)53-50(41)43)52(39-28-23-36(24-29-39)34-13-5-3-6-14-34)40-30-25-37(26-31-40)35-15-7-4-8-16-35/h3-33H,1-2H3. The van der Waals surface area contributed by atoms with Gasteiger partial charge in [0, 0.05) is 38.7 Å². The average molecular weight is 680 g/mol. The normalized spacial score (nSPS) is 12.9. The molecule has 0 aliphatic heterocycles. The first kappa shape index (κ1) is 31.1. The van der Waals surface area contributed by atoms with Crippen LogP contribution in [0.25, 0.3) is 66.4 Å². The fourth-order valence-electron chi connectivity index (χ4n) is 8.39. The van der Waals surface area contributed by atoms with E-state index in [9.17, 15) is 0 Å². The Hall–Kier alpha value is -6.64. The van der Waals surface area contributed by atoms with Crippen molar-refractivity contribution in [2.45, 2.75) is 19.3 Å². The summed E-state index contributed by atoms with van der Waals surface area (Å²) in [5.41, 5.74) is 17.4. The van der Waals surface area contributed by atoms with E-state index in [4.69, 9.17) is 4.42 Å². The van der Waals surface area contributed by atoms with Crippen LogP contribution < -0.4 is 4.90 Å². The number of rotatable bonds is 6. The van der Waals surface area contributed by atoms with E-state index in [2.05, 4.69) is 201 Å². The molecule has 0 saturated carbocycles. The highest BCUT2D eigenvalue weighted by molar-refractivity contribution is 6.09. The van der Waals surface area contributed by atoms with Crippen molar-refractivity contribution in [3.05, 3.63) is 199 Å². The maximum absolute atomic E-state index is 6.49. The molecule has 8 aromatic carbocycles. The molecule has 0 unspecified atom stereocenters. The predicted octanol–water partition coefficient (Wildman–Crippen LogP) is 14.4. The zero-order valence-electron chi connectivity index (χ0n) is 29.8. The molecule has 0 fully saturated rings. The summed E-state index contributed by atoms with van der Waals surface area (Å²) in [5.74, 6) is 0. The summed E-state index contributed by atoms with van der Waals surface area (Å²) in [6.45, 7) is 4.72. The van der Waals surface area contributed by atoms with Crippen molar-refractivity contribution >= 4 is 39.0 Å². The van der Waals surface area contributed by atoms with Gasteiger partial charge in [0.05, 0.1) is 5.69 Å². The highest BCUT2D eigenvalue weighted by atomic mass is 16.3. The van der Waals surface area contributed by atoms with E-state index < -0.39 is 0 Å². The smallest absolute Gasteiger partial charge is 0.143 e. The molecule has 1 aliphatic rings.